The van der Waals surface area contributed by atoms with Crippen molar-refractivity contribution in [1.82, 2.24) is 0 Å². The Kier molecular flexibility index (Phi) is 8.98. The Hall–Kier alpha value is -1.41. The summed E-state index contributed by atoms with van der Waals surface area (Å²) in [5.41, 5.74) is 2.97. The fraction of sp³-hybridized carbons (Fsp3) is 0.182. The Balaban J connectivity index is 1.62. The quantitative estimate of drug-likeness (QED) is 0.234. The molecule has 3 rings (SSSR count). The van der Waals surface area contributed by atoms with E-state index in [0.717, 1.165) is 16.7 Å². The zero-order chi connectivity index (χ0) is 20.4. The molecule has 0 fully saturated rings. The minimum atomic E-state index is -3.36. The second-order valence-electron chi connectivity index (χ2n) is 6.36. The van der Waals surface area contributed by atoms with E-state index < -0.39 is 14.0 Å². The number of hydrogen-bond acceptors (Lipinski definition) is 4. The van der Waals surface area contributed by atoms with Crippen molar-refractivity contribution < 1.29 is 18.1 Å². The third-order valence-electron chi connectivity index (χ3n) is 4.05. The van der Waals surface area contributed by atoms with Gasteiger partial charge in [0, 0.05) is 0 Å². The van der Waals surface area contributed by atoms with Crippen molar-refractivity contribution in [2.75, 3.05) is 5.90 Å². The van der Waals surface area contributed by atoms with Gasteiger partial charge in [-0.25, -0.2) is 0 Å². The van der Waals surface area contributed by atoms with Crippen LogP contribution < -0.4 is 0 Å². The molecule has 0 aliphatic heterocycles. The number of hydrogen-bond donors (Lipinski definition) is 0. The molecule has 29 heavy (non-hydrogen) atoms. The molecule has 0 heterocycles. The normalized spacial score (nSPS) is 11.9. The molecule has 7 heteroatoms. The molecular weight excluding hydrogens is 469 g/mol. The van der Waals surface area contributed by atoms with E-state index in [0.29, 0.717) is 6.61 Å². The molecular formula is C22H23O4P2Se+. The van der Waals surface area contributed by atoms with Gasteiger partial charge in [-0.2, -0.15) is 0 Å². The average Bonchev–Trinajstić information content (AvgIpc) is 2.77. The second-order valence-corrected chi connectivity index (χ2v) is 12.7. The van der Waals surface area contributed by atoms with Crippen molar-refractivity contribution in [2.24, 2.45) is 0 Å². The summed E-state index contributed by atoms with van der Waals surface area (Å²) < 4.78 is 31.0. The summed E-state index contributed by atoms with van der Waals surface area (Å²) in [6.07, 6.45) is -1.09. The molecule has 3 aromatic rings. The average molecular weight is 492 g/mol. The molecule has 0 bridgehead atoms. The van der Waals surface area contributed by atoms with E-state index in [4.69, 9.17) is 13.6 Å². The molecule has 4 nitrogen and oxygen atoms in total. The molecule has 1 unspecified atom stereocenters. The van der Waals surface area contributed by atoms with Gasteiger partial charge in [-0.05, 0) is 0 Å². The van der Waals surface area contributed by atoms with E-state index in [-0.39, 0.29) is 19.1 Å². The van der Waals surface area contributed by atoms with Crippen molar-refractivity contribution in [3.8, 4) is 0 Å². The van der Waals surface area contributed by atoms with Gasteiger partial charge in [0.25, 0.3) is 0 Å². The monoisotopic (exact) mass is 493 g/mol. The summed E-state index contributed by atoms with van der Waals surface area (Å²) in [4.78, 5) is 0. The molecule has 0 saturated heterocycles. The SMILES string of the molecule is O=P(C[P+](=[Se])OCc1ccccc1)(OCc1ccccc1)OCc1ccccc1. The van der Waals surface area contributed by atoms with Crippen molar-refractivity contribution >= 4 is 29.1 Å². The summed E-state index contributed by atoms with van der Waals surface area (Å²) in [5, 5.41) is 0. The predicted octanol–water partition coefficient (Wildman–Crippen LogP) is 6.27. The van der Waals surface area contributed by atoms with E-state index in [1.54, 1.807) is 0 Å². The maximum absolute atomic E-state index is 13.5. The molecule has 150 valence electrons. The summed E-state index contributed by atoms with van der Waals surface area (Å²) in [6.45, 7) is 0.917. The van der Waals surface area contributed by atoms with Gasteiger partial charge in [0.1, 0.15) is 0 Å². The van der Waals surface area contributed by atoms with Gasteiger partial charge in [-0.3, -0.25) is 0 Å². The maximum atomic E-state index is 13.5. The van der Waals surface area contributed by atoms with Crippen molar-refractivity contribution in [1.29, 1.82) is 0 Å². The third-order valence-corrected chi connectivity index (χ3v) is 10.7. The summed E-state index contributed by atoms with van der Waals surface area (Å²) in [7, 11) is -3.36. The van der Waals surface area contributed by atoms with Gasteiger partial charge < -0.3 is 0 Å². The van der Waals surface area contributed by atoms with Gasteiger partial charge in [0.2, 0.25) is 0 Å². The Morgan fingerprint density at radius 3 is 1.45 bits per heavy atom. The Morgan fingerprint density at radius 2 is 1.03 bits per heavy atom. The number of rotatable bonds is 11. The second kappa shape index (κ2) is 11.7. The Morgan fingerprint density at radius 1 is 0.655 bits per heavy atom. The molecule has 0 aromatic heterocycles. The third kappa shape index (κ3) is 8.09. The molecule has 3 aromatic carbocycles. The summed E-state index contributed by atoms with van der Waals surface area (Å²) >= 11 is 3.01. The first-order valence-corrected chi connectivity index (χ1v) is 14.6. The van der Waals surface area contributed by atoms with Crippen LogP contribution >= 0.6 is 14.0 Å². The van der Waals surface area contributed by atoms with Crippen LogP contribution in [0.1, 0.15) is 16.7 Å². The Bertz CT molecular complexity index is 889. The molecule has 0 saturated carbocycles. The van der Waals surface area contributed by atoms with Crippen molar-refractivity contribution in [3.63, 3.8) is 0 Å². The fourth-order valence-corrected chi connectivity index (χ4v) is 8.69. The van der Waals surface area contributed by atoms with E-state index in [9.17, 15) is 4.57 Å². The van der Waals surface area contributed by atoms with Gasteiger partial charge in [-0.1, -0.05) is 0 Å². The fourth-order valence-electron chi connectivity index (χ4n) is 2.52. The van der Waals surface area contributed by atoms with Crippen LogP contribution in [0.4, 0.5) is 0 Å². The van der Waals surface area contributed by atoms with Crippen LogP contribution in [-0.2, 0) is 38.0 Å². The topological polar surface area (TPSA) is 44.8 Å². The van der Waals surface area contributed by atoms with Crippen LogP contribution in [0.3, 0.4) is 0 Å². The Labute approximate surface area is 180 Å². The first kappa shape index (κ1) is 22.3. The van der Waals surface area contributed by atoms with E-state index >= 15 is 0 Å². The van der Waals surface area contributed by atoms with Crippen LogP contribution in [0.25, 0.3) is 0 Å². The standard InChI is InChI=1S/C22H23O4P2Se/c23-28(25-17-21-12-6-2-7-13-21,26-18-22-14-8-3-9-15-22)19-27(29)24-16-20-10-4-1-5-11-20/h1-15H,16-19H2/q+1. The summed E-state index contributed by atoms with van der Waals surface area (Å²) in [5.74, 6) is 0.203. The van der Waals surface area contributed by atoms with Crippen molar-refractivity contribution in [2.45, 2.75) is 19.8 Å². The van der Waals surface area contributed by atoms with Crippen LogP contribution in [-0.4, -0.2) is 21.0 Å². The first-order valence-electron chi connectivity index (χ1n) is 9.20. The molecule has 0 aliphatic rings. The van der Waals surface area contributed by atoms with Crippen LogP contribution in [0.2, 0.25) is 0 Å². The summed E-state index contributed by atoms with van der Waals surface area (Å²) in [6, 6.07) is 29.2. The zero-order valence-electron chi connectivity index (χ0n) is 15.9. The predicted molar refractivity (Wildman–Crippen MR) is 119 cm³/mol. The van der Waals surface area contributed by atoms with E-state index in [1.165, 1.54) is 0 Å². The van der Waals surface area contributed by atoms with Crippen molar-refractivity contribution in [3.05, 3.63) is 108 Å². The number of benzene rings is 3. The zero-order valence-corrected chi connectivity index (χ0v) is 19.4. The van der Waals surface area contributed by atoms with Crippen LogP contribution in [0, 0.1) is 0 Å². The van der Waals surface area contributed by atoms with E-state index in [2.05, 4.69) is 15.1 Å². The van der Waals surface area contributed by atoms with E-state index in [1.807, 2.05) is 91.0 Å². The molecule has 0 N–H and O–H groups in total. The molecule has 1 atom stereocenters. The van der Waals surface area contributed by atoms with Gasteiger partial charge in [0.05, 0.1) is 0 Å². The molecule has 0 amide bonds. The van der Waals surface area contributed by atoms with Gasteiger partial charge in [-0.15, -0.1) is 0 Å². The van der Waals surface area contributed by atoms with Crippen LogP contribution in [0.15, 0.2) is 91.0 Å². The molecule has 0 radical (unpaired) electrons. The first-order chi connectivity index (χ1) is 14.1. The molecule has 0 spiro atoms. The van der Waals surface area contributed by atoms with Crippen LogP contribution in [0.5, 0.6) is 0 Å². The van der Waals surface area contributed by atoms with Gasteiger partial charge in [0.15, 0.2) is 0 Å². The minimum absolute atomic E-state index is 0.203. The molecule has 0 aliphatic carbocycles. The van der Waals surface area contributed by atoms with Gasteiger partial charge >= 0.3 is 181 Å².